The molecule has 1 atom stereocenters. The number of aromatic nitrogens is 2. The summed E-state index contributed by atoms with van der Waals surface area (Å²) in [5.74, 6) is 0.242. The van der Waals surface area contributed by atoms with E-state index < -0.39 is 12.1 Å². The number of rotatable bonds is 5. The Kier molecular flexibility index (Phi) is 4.42. The van der Waals surface area contributed by atoms with Gasteiger partial charge in [-0.25, -0.2) is 9.78 Å². The molecule has 0 fully saturated rings. The first-order valence-electron chi connectivity index (χ1n) is 6.77. The van der Waals surface area contributed by atoms with Crippen LogP contribution in [0.2, 0.25) is 0 Å². The molecule has 1 heterocycles. The van der Waals surface area contributed by atoms with Crippen LogP contribution in [0, 0.1) is 5.92 Å². The number of urea groups is 1. The van der Waals surface area contributed by atoms with E-state index in [0.29, 0.717) is 12.4 Å². The third-order valence-electron chi connectivity index (χ3n) is 2.97. The standard InChI is InChI=1S/C14H19N5O2/c1-8(2)7-11(16-13(15)21)12(20)19-14-17-9-5-3-4-6-10(9)18-14/h3-6,8,11H,7H2,1-2H3,(H3,15,16,21)(H2,17,18,19,20). The summed E-state index contributed by atoms with van der Waals surface area (Å²) < 4.78 is 0. The molecule has 0 aliphatic carbocycles. The van der Waals surface area contributed by atoms with Gasteiger partial charge in [-0.1, -0.05) is 26.0 Å². The lowest BCUT2D eigenvalue weighted by atomic mass is 10.0. The van der Waals surface area contributed by atoms with E-state index in [1.54, 1.807) is 0 Å². The van der Waals surface area contributed by atoms with E-state index in [1.165, 1.54) is 0 Å². The molecule has 0 spiro atoms. The number of nitrogens with two attached hydrogens (primary N) is 1. The minimum atomic E-state index is -0.722. The second-order valence-corrected chi connectivity index (χ2v) is 5.28. The Morgan fingerprint density at radius 1 is 1.33 bits per heavy atom. The zero-order valence-electron chi connectivity index (χ0n) is 12.0. The van der Waals surface area contributed by atoms with E-state index in [2.05, 4.69) is 20.6 Å². The summed E-state index contributed by atoms with van der Waals surface area (Å²) in [5, 5.41) is 5.12. The normalized spacial score (nSPS) is 12.3. The average Bonchev–Trinajstić information content (AvgIpc) is 2.78. The van der Waals surface area contributed by atoms with E-state index in [1.807, 2.05) is 38.1 Å². The molecule has 7 heteroatoms. The summed E-state index contributed by atoms with van der Waals surface area (Å²) in [5.41, 5.74) is 6.70. The molecule has 7 nitrogen and oxygen atoms in total. The Morgan fingerprint density at radius 3 is 2.67 bits per heavy atom. The predicted octanol–water partition coefficient (Wildman–Crippen LogP) is 1.58. The van der Waals surface area contributed by atoms with Crippen molar-refractivity contribution in [1.29, 1.82) is 0 Å². The summed E-state index contributed by atoms with van der Waals surface area (Å²) in [4.78, 5) is 30.5. The Balaban J connectivity index is 2.11. The highest BCUT2D eigenvalue weighted by Crippen LogP contribution is 2.14. The van der Waals surface area contributed by atoms with Crippen molar-refractivity contribution in [2.75, 3.05) is 5.32 Å². The van der Waals surface area contributed by atoms with Crippen molar-refractivity contribution in [3.8, 4) is 0 Å². The molecule has 0 radical (unpaired) electrons. The second kappa shape index (κ2) is 6.25. The number of hydrogen-bond donors (Lipinski definition) is 4. The van der Waals surface area contributed by atoms with E-state index in [4.69, 9.17) is 5.73 Å². The molecule has 21 heavy (non-hydrogen) atoms. The maximum Gasteiger partial charge on any atom is 0.312 e. The van der Waals surface area contributed by atoms with Gasteiger partial charge in [-0.15, -0.1) is 0 Å². The first kappa shape index (κ1) is 14.8. The second-order valence-electron chi connectivity index (χ2n) is 5.28. The number of aromatic amines is 1. The monoisotopic (exact) mass is 289 g/mol. The molecule has 3 amide bonds. The van der Waals surface area contributed by atoms with E-state index in [9.17, 15) is 9.59 Å². The fourth-order valence-electron chi connectivity index (χ4n) is 2.09. The lowest BCUT2D eigenvalue weighted by Gasteiger charge is -2.18. The fraction of sp³-hybridized carbons (Fsp3) is 0.357. The molecular formula is C14H19N5O2. The smallest absolute Gasteiger partial charge is 0.312 e. The number of carbonyl (C=O) groups is 2. The number of H-pyrrole nitrogens is 1. The van der Waals surface area contributed by atoms with Crippen LogP contribution in [0.4, 0.5) is 10.7 Å². The molecule has 0 saturated carbocycles. The lowest BCUT2D eigenvalue weighted by molar-refractivity contribution is -0.118. The SMILES string of the molecule is CC(C)CC(NC(N)=O)C(=O)Nc1nc2ccccc2[nH]1. The Bertz CT molecular complexity index is 617. The highest BCUT2D eigenvalue weighted by Gasteiger charge is 2.22. The number of anilines is 1. The van der Waals surface area contributed by atoms with Crippen LogP contribution in [0.3, 0.4) is 0 Å². The van der Waals surface area contributed by atoms with Gasteiger partial charge in [0, 0.05) is 0 Å². The first-order chi connectivity index (χ1) is 9.95. The maximum absolute atomic E-state index is 12.2. The number of amides is 3. The van der Waals surface area contributed by atoms with Gasteiger partial charge in [0.05, 0.1) is 11.0 Å². The predicted molar refractivity (Wildman–Crippen MR) is 80.7 cm³/mol. The molecule has 1 aromatic carbocycles. The fourth-order valence-corrected chi connectivity index (χ4v) is 2.09. The number of para-hydroxylation sites is 2. The highest BCUT2D eigenvalue weighted by molar-refractivity contribution is 5.96. The Hall–Kier alpha value is -2.57. The van der Waals surface area contributed by atoms with Crippen molar-refractivity contribution < 1.29 is 9.59 Å². The summed E-state index contributed by atoms with van der Waals surface area (Å²) in [6.45, 7) is 3.92. The van der Waals surface area contributed by atoms with Gasteiger partial charge in [-0.05, 0) is 24.5 Å². The maximum atomic E-state index is 12.2. The van der Waals surface area contributed by atoms with E-state index in [-0.39, 0.29) is 11.8 Å². The number of benzene rings is 1. The topological polar surface area (TPSA) is 113 Å². The van der Waals surface area contributed by atoms with Crippen molar-refractivity contribution in [2.45, 2.75) is 26.3 Å². The van der Waals surface area contributed by atoms with Crippen LogP contribution in [0.5, 0.6) is 0 Å². The van der Waals surface area contributed by atoms with E-state index >= 15 is 0 Å². The van der Waals surface area contributed by atoms with Gasteiger partial charge >= 0.3 is 6.03 Å². The third-order valence-corrected chi connectivity index (χ3v) is 2.97. The molecule has 0 saturated heterocycles. The Labute approximate surface area is 122 Å². The highest BCUT2D eigenvalue weighted by atomic mass is 16.2. The molecule has 1 unspecified atom stereocenters. The van der Waals surface area contributed by atoms with Gasteiger partial charge in [0.25, 0.3) is 0 Å². The van der Waals surface area contributed by atoms with Crippen molar-refractivity contribution in [1.82, 2.24) is 15.3 Å². The molecule has 0 aliphatic rings. The summed E-state index contributed by atoms with van der Waals surface area (Å²) >= 11 is 0. The molecule has 0 aliphatic heterocycles. The zero-order chi connectivity index (χ0) is 15.4. The number of fused-ring (bicyclic) bond motifs is 1. The molecule has 1 aromatic heterocycles. The first-order valence-corrected chi connectivity index (χ1v) is 6.77. The van der Waals surface area contributed by atoms with Crippen molar-refractivity contribution >= 4 is 28.9 Å². The number of hydrogen-bond acceptors (Lipinski definition) is 3. The van der Waals surface area contributed by atoms with Crippen LogP contribution in [0.1, 0.15) is 20.3 Å². The number of primary amides is 1. The number of carbonyl (C=O) groups excluding carboxylic acids is 2. The van der Waals surface area contributed by atoms with Crippen LogP contribution in [0.15, 0.2) is 24.3 Å². The summed E-state index contributed by atoms with van der Waals surface area (Å²) in [6.07, 6.45) is 0.495. The van der Waals surface area contributed by atoms with Crippen LogP contribution in [-0.2, 0) is 4.79 Å². The van der Waals surface area contributed by atoms with Gasteiger partial charge in [0.1, 0.15) is 6.04 Å². The number of nitrogens with one attached hydrogen (secondary N) is 3. The largest absolute Gasteiger partial charge is 0.352 e. The Morgan fingerprint density at radius 2 is 2.05 bits per heavy atom. The molecule has 2 rings (SSSR count). The van der Waals surface area contributed by atoms with Crippen molar-refractivity contribution in [2.24, 2.45) is 11.7 Å². The molecule has 112 valence electrons. The van der Waals surface area contributed by atoms with Crippen LogP contribution >= 0.6 is 0 Å². The van der Waals surface area contributed by atoms with Gasteiger partial charge in [0.15, 0.2) is 0 Å². The number of imidazole rings is 1. The quantitative estimate of drug-likeness (QED) is 0.670. The molecule has 5 N–H and O–H groups in total. The summed E-state index contributed by atoms with van der Waals surface area (Å²) in [6, 6.07) is 6.05. The van der Waals surface area contributed by atoms with Gasteiger partial charge < -0.3 is 16.0 Å². The lowest BCUT2D eigenvalue weighted by Crippen LogP contribution is -2.46. The van der Waals surface area contributed by atoms with Crippen LogP contribution < -0.4 is 16.4 Å². The van der Waals surface area contributed by atoms with Crippen LogP contribution in [-0.4, -0.2) is 27.9 Å². The minimum absolute atomic E-state index is 0.239. The van der Waals surface area contributed by atoms with Gasteiger partial charge in [0.2, 0.25) is 11.9 Å². The molecule has 0 bridgehead atoms. The van der Waals surface area contributed by atoms with E-state index in [0.717, 1.165) is 11.0 Å². The minimum Gasteiger partial charge on any atom is -0.352 e. The third kappa shape index (κ3) is 3.95. The van der Waals surface area contributed by atoms with Gasteiger partial charge in [-0.3, -0.25) is 10.1 Å². The van der Waals surface area contributed by atoms with Crippen molar-refractivity contribution in [3.05, 3.63) is 24.3 Å². The number of nitrogens with zero attached hydrogens (tertiary/aromatic N) is 1. The average molecular weight is 289 g/mol. The van der Waals surface area contributed by atoms with Crippen molar-refractivity contribution in [3.63, 3.8) is 0 Å². The van der Waals surface area contributed by atoms with Gasteiger partial charge in [-0.2, -0.15) is 0 Å². The molecular weight excluding hydrogens is 270 g/mol. The zero-order valence-corrected chi connectivity index (χ0v) is 12.0. The molecule has 2 aromatic rings. The van der Waals surface area contributed by atoms with Crippen LogP contribution in [0.25, 0.3) is 11.0 Å². The summed E-state index contributed by atoms with van der Waals surface area (Å²) in [7, 11) is 0.